The molecule has 4 aromatic rings. The molecular weight excluding hydrogens is 565 g/mol. The van der Waals surface area contributed by atoms with E-state index in [4.69, 9.17) is 14.2 Å². The first-order valence-corrected chi connectivity index (χ1v) is 12.7. The Morgan fingerprint density at radius 2 is 1.69 bits per heavy atom. The highest BCUT2D eigenvalue weighted by Gasteiger charge is 2.13. The van der Waals surface area contributed by atoms with Gasteiger partial charge >= 0.3 is 5.97 Å². The van der Waals surface area contributed by atoms with Gasteiger partial charge in [0, 0.05) is 22.9 Å². The molecule has 0 radical (unpaired) electrons. The molecule has 6 nitrogen and oxygen atoms in total. The predicted molar refractivity (Wildman–Crippen MR) is 152 cm³/mol. The van der Waals surface area contributed by atoms with Gasteiger partial charge in [-0.05, 0) is 89.1 Å². The largest absolute Gasteiger partial charge is 0.493 e. The molecule has 4 aromatic carbocycles. The number of aryl methyl sites for hydroxylation is 1. The summed E-state index contributed by atoms with van der Waals surface area (Å²) in [5, 5.41) is 2.82. The van der Waals surface area contributed by atoms with Gasteiger partial charge < -0.3 is 19.5 Å². The number of hydrogen-bond acceptors (Lipinski definition) is 5. The third-order valence-corrected chi connectivity index (χ3v) is 6.23. The van der Waals surface area contributed by atoms with Crippen LogP contribution in [0, 0.1) is 12.7 Å². The van der Waals surface area contributed by atoms with E-state index in [0.717, 1.165) is 5.56 Å². The molecule has 0 bridgehead atoms. The van der Waals surface area contributed by atoms with Crippen LogP contribution in [0.25, 0.3) is 6.08 Å². The summed E-state index contributed by atoms with van der Waals surface area (Å²) in [4.78, 5) is 24.8. The molecule has 0 spiro atoms. The van der Waals surface area contributed by atoms with Crippen LogP contribution in [-0.4, -0.2) is 19.0 Å². The van der Waals surface area contributed by atoms with Gasteiger partial charge in [0.1, 0.15) is 18.2 Å². The molecule has 1 amide bonds. The first-order chi connectivity index (χ1) is 18.8. The molecular formula is C31H25BrFNO5. The fourth-order valence-electron chi connectivity index (χ4n) is 3.57. The summed E-state index contributed by atoms with van der Waals surface area (Å²) in [6.07, 6.45) is 2.85. The second-order valence-electron chi connectivity index (χ2n) is 8.51. The van der Waals surface area contributed by atoms with Crippen molar-refractivity contribution < 1.29 is 28.2 Å². The second-order valence-corrected chi connectivity index (χ2v) is 9.37. The number of anilines is 1. The van der Waals surface area contributed by atoms with Crippen molar-refractivity contribution >= 4 is 39.6 Å². The van der Waals surface area contributed by atoms with Gasteiger partial charge in [0.2, 0.25) is 0 Å². The van der Waals surface area contributed by atoms with Gasteiger partial charge in [-0.1, -0.05) is 35.9 Å². The molecule has 0 fully saturated rings. The maximum atomic E-state index is 13.9. The topological polar surface area (TPSA) is 73.9 Å². The van der Waals surface area contributed by atoms with E-state index in [2.05, 4.69) is 21.2 Å². The van der Waals surface area contributed by atoms with Crippen molar-refractivity contribution in [3.63, 3.8) is 0 Å². The lowest BCUT2D eigenvalue weighted by Gasteiger charge is -2.14. The molecule has 0 unspecified atom stereocenters. The zero-order chi connectivity index (χ0) is 27.8. The molecule has 0 aliphatic rings. The van der Waals surface area contributed by atoms with Crippen molar-refractivity contribution in [1.82, 2.24) is 0 Å². The van der Waals surface area contributed by atoms with Crippen LogP contribution in [0.1, 0.15) is 27.0 Å². The van der Waals surface area contributed by atoms with Crippen molar-refractivity contribution in [2.24, 2.45) is 0 Å². The molecule has 39 heavy (non-hydrogen) atoms. The van der Waals surface area contributed by atoms with E-state index in [9.17, 15) is 14.0 Å². The SMILES string of the molecule is COc1cc(/C=C/C(=O)Oc2ccc(C(=O)Nc3ccc(C)cc3)cc2)cc(Br)c1OCc1ccccc1F. The Morgan fingerprint density at radius 3 is 2.38 bits per heavy atom. The van der Waals surface area contributed by atoms with Gasteiger partial charge in [0.25, 0.3) is 5.91 Å². The summed E-state index contributed by atoms with van der Waals surface area (Å²) < 4.78 is 31.1. The van der Waals surface area contributed by atoms with Crippen LogP contribution in [0.3, 0.4) is 0 Å². The summed E-state index contributed by atoms with van der Waals surface area (Å²) in [5.74, 6) is -0.0995. The Balaban J connectivity index is 1.36. The van der Waals surface area contributed by atoms with Crippen molar-refractivity contribution in [2.75, 3.05) is 12.4 Å². The van der Waals surface area contributed by atoms with Crippen molar-refractivity contribution in [3.8, 4) is 17.2 Å². The maximum Gasteiger partial charge on any atom is 0.336 e. The van der Waals surface area contributed by atoms with Crippen LogP contribution >= 0.6 is 15.9 Å². The third kappa shape index (κ3) is 7.55. The van der Waals surface area contributed by atoms with E-state index >= 15 is 0 Å². The molecule has 0 aliphatic heterocycles. The molecule has 0 saturated heterocycles. The Kier molecular flexibility index (Phi) is 9.12. The number of amides is 1. The Bertz CT molecular complexity index is 1500. The molecule has 0 aromatic heterocycles. The summed E-state index contributed by atoms with van der Waals surface area (Å²) in [5.41, 5.74) is 3.29. The minimum absolute atomic E-state index is 0.0234. The zero-order valence-electron chi connectivity index (χ0n) is 21.2. The number of nitrogens with one attached hydrogen (secondary N) is 1. The lowest BCUT2D eigenvalue weighted by Crippen LogP contribution is -2.12. The fraction of sp³-hybridized carbons (Fsp3) is 0.0968. The summed E-state index contributed by atoms with van der Waals surface area (Å²) in [6.45, 7) is 2.00. The zero-order valence-corrected chi connectivity index (χ0v) is 22.8. The van der Waals surface area contributed by atoms with Gasteiger partial charge in [-0.2, -0.15) is 0 Å². The smallest absolute Gasteiger partial charge is 0.336 e. The van der Waals surface area contributed by atoms with Gasteiger partial charge in [-0.15, -0.1) is 0 Å². The quantitative estimate of drug-likeness (QED) is 0.125. The second kappa shape index (κ2) is 12.9. The number of benzene rings is 4. The van der Waals surface area contributed by atoms with E-state index < -0.39 is 5.97 Å². The third-order valence-electron chi connectivity index (χ3n) is 5.64. The maximum absolute atomic E-state index is 13.9. The van der Waals surface area contributed by atoms with E-state index in [0.29, 0.717) is 44.1 Å². The van der Waals surface area contributed by atoms with Crippen molar-refractivity contribution in [3.05, 3.63) is 124 Å². The molecule has 0 heterocycles. The number of ether oxygens (including phenoxy) is 3. The first kappa shape index (κ1) is 27.6. The van der Waals surface area contributed by atoms with Crippen molar-refractivity contribution in [2.45, 2.75) is 13.5 Å². The van der Waals surface area contributed by atoms with Gasteiger partial charge in [0.05, 0.1) is 11.6 Å². The summed E-state index contributed by atoms with van der Waals surface area (Å²) in [6, 6.07) is 23.5. The van der Waals surface area contributed by atoms with Crippen LogP contribution < -0.4 is 19.5 Å². The summed E-state index contributed by atoms with van der Waals surface area (Å²) in [7, 11) is 1.49. The minimum atomic E-state index is -0.596. The molecule has 8 heteroatoms. The summed E-state index contributed by atoms with van der Waals surface area (Å²) >= 11 is 3.45. The van der Waals surface area contributed by atoms with Crippen LogP contribution in [0.4, 0.5) is 10.1 Å². The van der Waals surface area contributed by atoms with Crippen molar-refractivity contribution in [1.29, 1.82) is 0 Å². The standard InChI is InChI=1S/C31H25BrFNO5/c1-20-7-12-24(13-8-20)34-31(36)22-10-14-25(15-11-22)39-29(35)16-9-21-17-26(32)30(28(18-21)37-2)38-19-23-5-3-4-6-27(23)33/h3-18H,19H2,1-2H3,(H,34,36)/b16-9+. The Hall–Kier alpha value is -4.43. The highest BCUT2D eigenvalue weighted by atomic mass is 79.9. The average molecular weight is 590 g/mol. The number of halogens is 2. The average Bonchev–Trinajstić information content (AvgIpc) is 2.93. The molecule has 1 N–H and O–H groups in total. The van der Waals surface area contributed by atoms with Crippen LogP contribution in [0.5, 0.6) is 17.2 Å². The number of carbonyl (C=O) groups excluding carboxylic acids is 2. The highest BCUT2D eigenvalue weighted by Crippen LogP contribution is 2.37. The number of esters is 1. The van der Waals surface area contributed by atoms with Gasteiger partial charge in [-0.25, -0.2) is 9.18 Å². The normalized spacial score (nSPS) is 10.8. The molecule has 0 saturated carbocycles. The monoisotopic (exact) mass is 589 g/mol. The number of rotatable bonds is 9. The lowest BCUT2D eigenvalue weighted by atomic mass is 10.1. The number of methoxy groups -OCH3 is 1. The Morgan fingerprint density at radius 1 is 0.974 bits per heavy atom. The number of carbonyl (C=O) groups is 2. The van der Waals surface area contributed by atoms with E-state index in [1.54, 1.807) is 60.7 Å². The van der Waals surface area contributed by atoms with Crippen LogP contribution in [0.2, 0.25) is 0 Å². The van der Waals surface area contributed by atoms with Crippen LogP contribution in [-0.2, 0) is 11.4 Å². The lowest BCUT2D eigenvalue weighted by molar-refractivity contribution is -0.128. The molecule has 0 aliphatic carbocycles. The molecule has 0 atom stereocenters. The van der Waals surface area contributed by atoms with Gasteiger partial charge in [-0.3, -0.25) is 4.79 Å². The fourth-order valence-corrected chi connectivity index (χ4v) is 4.14. The number of hydrogen-bond donors (Lipinski definition) is 1. The van der Waals surface area contributed by atoms with Crippen LogP contribution in [0.15, 0.2) is 95.5 Å². The predicted octanol–water partition coefficient (Wildman–Crippen LogP) is 7.36. The Labute approximate surface area is 234 Å². The van der Waals surface area contributed by atoms with Gasteiger partial charge in [0.15, 0.2) is 11.5 Å². The first-order valence-electron chi connectivity index (χ1n) is 11.9. The van der Waals surface area contributed by atoms with E-state index in [-0.39, 0.29) is 18.3 Å². The van der Waals surface area contributed by atoms with E-state index in [1.165, 1.54) is 19.3 Å². The molecule has 4 rings (SSSR count). The highest BCUT2D eigenvalue weighted by molar-refractivity contribution is 9.10. The molecule has 198 valence electrons. The van der Waals surface area contributed by atoms with E-state index in [1.807, 2.05) is 31.2 Å². The minimum Gasteiger partial charge on any atom is -0.493 e.